The summed E-state index contributed by atoms with van der Waals surface area (Å²) in [6.07, 6.45) is -2.02. The van der Waals surface area contributed by atoms with Crippen molar-refractivity contribution in [1.29, 1.82) is 0 Å². The Labute approximate surface area is 198 Å². The Bertz CT molecular complexity index is 1530. The van der Waals surface area contributed by atoms with Crippen molar-refractivity contribution in [2.24, 2.45) is 0 Å². The van der Waals surface area contributed by atoms with E-state index in [-0.39, 0.29) is 5.95 Å². The summed E-state index contributed by atoms with van der Waals surface area (Å²) in [6, 6.07) is 17.5. The van der Waals surface area contributed by atoms with Crippen LogP contribution >= 0.6 is 0 Å². The third-order valence-electron chi connectivity index (χ3n) is 5.44. The smallest absolute Gasteiger partial charge is 0.324 e. The highest BCUT2D eigenvalue weighted by molar-refractivity contribution is 6.52. The normalized spacial score (nSPS) is 11.6. The van der Waals surface area contributed by atoms with Crippen LogP contribution in [0.3, 0.4) is 0 Å². The molecule has 0 atom stereocenters. The number of benzene rings is 2. The SMILES string of the molecule is C[B]c1cccc(-c2nn3cc(C(F)(F)F)ccc3c2-c2ccnc(Nc3cccc(F)c3)n2)c1. The van der Waals surface area contributed by atoms with Gasteiger partial charge < -0.3 is 5.32 Å². The second-order valence-corrected chi connectivity index (χ2v) is 7.78. The fourth-order valence-corrected chi connectivity index (χ4v) is 3.79. The molecule has 0 unspecified atom stereocenters. The molecule has 0 aliphatic heterocycles. The molecule has 5 nitrogen and oxygen atoms in total. The number of halogens is 4. The van der Waals surface area contributed by atoms with E-state index in [2.05, 4.69) is 20.4 Å². The minimum Gasteiger partial charge on any atom is -0.324 e. The molecule has 10 heteroatoms. The first-order valence-electron chi connectivity index (χ1n) is 10.7. The van der Waals surface area contributed by atoms with Gasteiger partial charge in [-0.15, -0.1) is 0 Å². The van der Waals surface area contributed by atoms with Crippen LogP contribution in [0.25, 0.3) is 28.0 Å². The van der Waals surface area contributed by atoms with E-state index in [4.69, 9.17) is 0 Å². The molecule has 0 saturated heterocycles. The van der Waals surface area contributed by atoms with E-state index in [1.165, 1.54) is 28.9 Å². The number of nitrogens with one attached hydrogen (secondary N) is 1. The highest BCUT2D eigenvalue weighted by Gasteiger charge is 2.31. The number of hydrogen-bond acceptors (Lipinski definition) is 4. The molecule has 3 heterocycles. The quantitative estimate of drug-likeness (QED) is 0.261. The van der Waals surface area contributed by atoms with Crippen LogP contribution in [0.2, 0.25) is 6.82 Å². The summed E-state index contributed by atoms with van der Waals surface area (Å²) in [7, 11) is 1.92. The van der Waals surface area contributed by atoms with Crippen LogP contribution < -0.4 is 10.8 Å². The molecule has 0 spiro atoms. The van der Waals surface area contributed by atoms with Crippen molar-refractivity contribution in [3.05, 3.63) is 90.5 Å². The van der Waals surface area contributed by atoms with Crippen molar-refractivity contribution in [2.75, 3.05) is 5.32 Å². The van der Waals surface area contributed by atoms with Crippen molar-refractivity contribution in [3.63, 3.8) is 0 Å². The van der Waals surface area contributed by atoms with Gasteiger partial charge in [-0.25, -0.2) is 18.9 Å². The van der Waals surface area contributed by atoms with Gasteiger partial charge in [0, 0.05) is 23.6 Å². The second kappa shape index (κ2) is 8.86. The van der Waals surface area contributed by atoms with Crippen LogP contribution in [0.1, 0.15) is 5.56 Å². The Morgan fingerprint density at radius 2 is 1.80 bits per heavy atom. The predicted octanol–water partition coefficient (Wildman–Crippen LogP) is 5.74. The molecule has 0 fully saturated rings. The molecule has 5 rings (SSSR count). The van der Waals surface area contributed by atoms with Crippen LogP contribution in [0.15, 0.2) is 79.1 Å². The Balaban J connectivity index is 1.68. The predicted molar refractivity (Wildman–Crippen MR) is 128 cm³/mol. The average molecular weight is 474 g/mol. The number of aromatic nitrogens is 4. The molecule has 3 aromatic heterocycles. The lowest BCUT2D eigenvalue weighted by molar-refractivity contribution is -0.137. The van der Waals surface area contributed by atoms with Gasteiger partial charge in [-0.1, -0.05) is 42.6 Å². The number of fused-ring (bicyclic) bond motifs is 1. The maximum Gasteiger partial charge on any atom is 0.417 e. The molecular weight excluding hydrogens is 457 g/mol. The number of pyridine rings is 1. The first-order chi connectivity index (χ1) is 16.8. The third-order valence-corrected chi connectivity index (χ3v) is 5.44. The van der Waals surface area contributed by atoms with Crippen LogP contribution in [0.4, 0.5) is 29.2 Å². The Kier molecular flexibility index (Phi) is 5.72. The fraction of sp³-hybridized carbons (Fsp3) is 0.0800. The van der Waals surface area contributed by atoms with Gasteiger partial charge in [-0.3, -0.25) is 0 Å². The van der Waals surface area contributed by atoms with Gasteiger partial charge in [0.15, 0.2) is 0 Å². The largest absolute Gasteiger partial charge is 0.417 e. The average Bonchev–Trinajstić information content (AvgIpc) is 3.23. The molecule has 0 saturated carbocycles. The Morgan fingerprint density at radius 1 is 0.971 bits per heavy atom. The van der Waals surface area contributed by atoms with Crippen LogP contribution in [-0.4, -0.2) is 26.9 Å². The van der Waals surface area contributed by atoms with Gasteiger partial charge in [0.2, 0.25) is 5.95 Å². The van der Waals surface area contributed by atoms with Crippen molar-refractivity contribution in [3.8, 4) is 22.5 Å². The van der Waals surface area contributed by atoms with E-state index in [0.717, 1.165) is 23.3 Å². The lowest BCUT2D eigenvalue weighted by atomic mass is 9.73. The zero-order valence-corrected chi connectivity index (χ0v) is 18.4. The maximum absolute atomic E-state index is 13.6. The number of anilines is 2. The van der Waals surface area contributed by atoms with E-state index >= 15 is 0 Å². The first-order valence-corrected chi connectivity index (χ1v) is 10.7. The maximum atomic E-state index is 13.6. The highest BCUT2D eigenvalue weighted by atomic mass is 19.4. The summed E-state index contributed by atoms with van der Waals surface area (Å²) < 4.78 is 54.9. The minimum absolute atomic E-state index is 0.209. The summed E-state index contributed by atoms with van der Waals surface area (Å²) in [4.78, 5) is 8.77. The number of rotatable bonds is 5. The van der Waals surface area contributed by atoms with Crippen molar-refractivity contribution in [1.82, 2.24) is 19.6 Å². The lowest BCUT2D eigenvalue weighted by Crippen LogP contribution is -2.09. The van der Waals surface area contributed by atoms with E-state index < -0.39 is 17.6 Å². The molecule has 5 aromatic rings. The van der Waals surface area contributed by atoms with Gasteiger partial charge in [-0.05, 0) is 36.4 Å². The molecule has 0 bridgehead atoms. The molecule has 0 aliphatic rings. The van der Waals surface area contributed by atoms with Gasteiger partial charge in [0.1, 0.15) is 18.8 Å². The van der Waals surface area contributed by atoms with Gasteiger partial charge >= 0.3 is 6.18 Å². The van der Waals surface area contributed by atoms with Crippen molar-refractivity contribution in [2.45, 2.75) is 13.0 Å². The zero-order chi connectivity index (χ0) is 24.6. The summed E-state index contributed by atoms with van der Waals surface area (Å²) in [5.74, 6) is -0.204. The van der Waals surface area contributed by atoms with Crippen molar-refractivity contribution >= 4 is 29.9 Å². The standard InChI is InChI=1S/C25H17BF4N5/c1-26-17-5-2-4-15(12-17)23-22(21-9-8-16(25(28,29)30)14-35(21)34-23)20-10-11-31-24(33-20)32-19-7-3-6-18(27)13-19/h2-14H,1H3,(H,31,32,33). The molecule has 0 aliphatic carbocycles. The van der Waals surface area contributed by atoms with E-state index in [1.54, 1.807) is 18.2 Å². The molecular formula is C25H17BF4N5. The molecule has 0 amide bonds. The van der Waals surface area contributed by atoms with Gasteiger partial charge in [0.05, 0.1) is 22.3 Å². The van der Waals surface area contributed by atoms with Crippen LogP contribution in [0, 0.1) is 5.82 Å². The van der Waals surface area contributed by atoms with E-state index in [0.29, 0.717) is 28.2 Å². The van der Waals surface area contributed by atoms with Crippen LogP contribution in [0.5, 0.6) is 0 Å². The highest BCUT2D eigenvalue weighted by Crippen LogP contribution is 2.36. The van der Waals surface area contributed by atoms with Gasteiger partial charge in [-0.2, -0.15) is 18.3 Å². The summed E-state index contributed by atoms with van der Waals surface area (Å²) in [5, 5.41) is 7.46. The molecule has 1 N–H and O–H groups in total. The third kappa shape index (κ3) is 4.59. The number of hydrogen-bond donors (Lipinski definition) is 1. The topological polar surface area (TPSA) is 55.1 Å². The first kappa shape index (κ1) is 22.6. The number of nitrogens with zero attached hydrogens (tertiary/aromatic N) is 4. The van der Waals surface area contributed by atoms with Crippen LogP contribution in [-0.2, 0) is 6.18 Å². The van der Waals surface area contributed by atoms with Crippen molar-refractivity contribution < 1.29 is 17.6 Å². The van der Waals surface area contributed by atoms with Gasteiger partial charge in [0.25, 0.3) is 0 Å². The Hall–Kier alpha value is -4.21. The molecule has 173 valence electrons. The zero-order valence-electron chi connectivity index (χ0n) is 18.4. The Morgan fingerprint density at radius 3 is 2.57 bits per heavy atom. The monoisotopic (exact) mass is 474 g/mol. The molecule has 2 aromatic carbocycles. The summed E-state index contributed by atoms with van der Waals surface area (Å²) in [5.41, 5.74) is 3.26. The lowest BCUT2D eigenvalue weighted by Gasteiger charge is -2.09. The summed E-state index contributed by atoms with van der Waals surface area (Å²) in [6.45, 7) is 1.90. The number of alkyl halides is 3. The minimum atomic E-state index is -4.51. The van der Waals surface area contributed by atoms with E-state index in [1.807, 2.05) is 38.4 Å². The molecule has 1 radical (unpaired) electrons. The second-order valence-electron chi connectivity index (χ2n) is 7.78. The molecule has 35 heavy (non-hydrogen) atoms. The summed E-state index contributed by atoms with van der Waals surface area (Å²) >= 11 is 0. The fourth-order valence-electron chi connectivity index (χ4n) is 3.79. The van der Waals surface area contributed by atoms with E-state index in [9.17, 15) is 17.6 Å².